The summed E-state index contributed by atoms with van der Waals surface area (Å²) in [4.78, 5) is 25.6. The molecule has 0 amide bonds. The van der Waals surface area contributed by atoms with E-state index in [1.54, 1.807) is 0 Å². The third-order valence-electron chi connectivity index (χ3n) is 22.1. The van der Waals surface area contributed by atoms with Gasteiger partial charge in [-0.1, -0.05) is 273 Å². The Hall–Kier alpha value is 2.75. The van der Waals surface area contributed by atoms with Gasteiger partial charge >= 0.3 is 88.7 Å². The van der Waals surface area contributed by atoms with Gasteiger partial charge < -0.3 is 61.9 Å². The van der Waals surface area contributed by atoms with E-state index < -0.39 is 7.82 Å². The fourth-order valence-corrected chi connectivity index (χ4v) is 14.7. The van der Waals surface area contributed by atoms with Crippen LogP contribution in [0.15, 0.2) is 0 Å². The van der Waals surface area contributed by atoms with Crippen molar-refractivity contribution in [2.24, 2.45) is 0 Å². The van der Waals surface area contributed by atoms with Gasteiger partial charge in [-0.15, -0.1) is 0 Å². The van der Waals surface area contributed by atoms with Crippen molar-refractivity contribution in [2.75, 3.05) is 39.6 Å². The summed E-state index contributed by atoms with van der Waals surface area (Å²) in [7, 11) is -5.39. The van der Waals surface area contributed by atoms with E-state index in [1.807, 2.05) is 0 Å². The van der Waals surface area contributed by atoms with Crippen molar-refractivity contribution in [3.05, 3.63) is 0 Å². The van der Waals surface area contributed by atoms with Gasteiger partial charge in [-0.05, 0) is 154 Å². The SMILES string of the molecule is CCCCCCCCC(CCC1CCO1)OC(CCCCCCCC)CCC1CCO1.CCCCCCCCC(CCC1CCO1)OC(CCCCCCCC)CCC1CCO1.CCCCCCCCC(CCC1CCO1)OC(CCCCCCCC)CCC1CCO1.O=P([O-])([O-])[O-].[Na+].[Na+].[Na+]. The van der Waals surface area contributed by atoms with Gasteiger partial charge in [0.05, 0.1) is 73.2 Å². The molecule has 13 nitrogen and oxygen atoms in total. The molecule has 0 aromatic heterocycles. The largest absolute Gasteiger partial charge is 1.00 e. The Bertz CT molecular complexity index is 1430. The van der Waals surface area contributed by atoms with E-state index in [-0.39, 0.29) is 88.7 Å². The van der Waals surface area contributed by atoms with Gasteiger partial charge in [-0.3, -0.25) is 0 Å². The maximum absolute atomic E-state index is 8.55. The molecule has 12 unspecified atom stereocenters. The van der Waals surface area contributed by atoms with E-state index in [2.05, 4.69) is 41.5 Å². The molecule has 6 aliphatic rings. The molecule has 0 saturated carbocycles. The minimum absolute atomic E-state index is 0. The number of unbranched alkanes of at least 4 members (excludes halogenated alkanes) is 30. The number of hydrogen-bond acceptors (Lipinski definition) is 13. The molecule has 0 radical (unpaired) electrons. The van der Waals surface area contributed by atoms with Gasteiger partial charge in [0.1, 0.15) is 0 Å². The molecule has 0 aromatic rings. The van der Waals surface area contributed by atoms with Crippen molar-refractivity contribution < 1.29 is 151 Å². The summed E-state index contributed by atoms with van der Waals surface area (Å²) >= 11 is 0. The maximum atomic E-state index is 8.55. The normalized spacial score (nSPS) is 21.4. The van der Waals surface area contributed by atoms with Gasteiger partial charge in [0.15, 0.2) is 0 Å². The summed E-state index contributed by atoms with van der Waals surface area (Å²) in [5, 5.41) is 0. The first-order chi connectivity index (χ1) is 47.9. The van der Waals surface area contributed by atoms with Crippen LogP contribution in [0.1, 0.15) is 427 Å². The van der Waals surface area contributed by atoms with E-state index in [4.69, 9.17) is 61.9 Å². The van der Waals surface area contributed by atoms with Crippen LogP contribution in [0.5, 0.6) is 0 Å². The first-order valence-corrected chi connectivity index (χ1v) is 44.8. The molecule has 12 atom stereocenters. The Balaban J connectivity index is 0.00000141. The van der Waals surface area contributed by atoms with Crippen LogP contribution in [-0.2, 0) is 47.2 Å². The molecule has 584 valence electrons. The van der Waals surface area contributed by atoms with Crippen molar-refractivity contribution in [2.45, 2.75) is 500 Å². The van der Waals surface area contributed by atoms with Gasteiger partial charge in [-0.25, -0.2) is 0 Å². The van der Waals surface area contributed by atoms with Crippen molar-refractivity contribution in [1.82, 2.24) is 0 Å². The third-order valence-corrected chi connectivity index (χ3v) is 22.1. The maximum Gasteiger partial charge on any atom is 1.00 e. The fourth-order valence-electron chi connectivity index (χ4n) is 14.7. The molecule has 17 heteroatoms. The molecule has 6 aliphatic heterocycles. The molecular weight excluding hydrogens is 1320 g/mol. The minimum atomic E-state index is -5.39. The van der Waals surface area contributed by atoms with E-state index >= 15 is 0 Å². The molecule has 0 aromatic carbocycles. The summed E-state index contributed by atoms with van der Waals surface area (Å²) in [6.45, 7) is 19.6. The first-order valence-electron chi connectivity index (χ1n) is 43.3. The van der Waals surface area contributed by atoms with Crippen LogP contribution in [0, 0.1) is 0 Å². The zero-order chi connectivity index (χ0) is 70.5. The second-order valence-corrected chi connectivity index (χ2v) is 32.0. The molecule has 101 heavy (non-hydrogen) atoms. The number of rotatable bonds is 66. The van der Waals surface area contributed by atoms with Gasteiger partial charge in [0.25, 0.3) is 0 Å². The zero-order valence-corrected chi connectivity index (χ0v) is 75.2. The molecule has 6 rings (SSSR count). The molecule has 0 aliphatic carbocycles. The third kappa shape index (κ3) is 62.9. The van der Waals surface area contributed by atoms with Gasteiger partial charge in [0.2, 0.25) is 0 Å². The Morgan fingerprint density at radius 1 is 0.248 bits per heavy atom. The topological polar surface area (TPSA) is 169 Å². The van der Waals surface area contributed by atoms with Crippen LogP contribution >= 0.6 is 7.82 Å². The monoisotopic (exact) mass is 1480 g/mol. The van der Waals surface area contributed by atoms with Crippen LogP contribution in [0.4, 0.5) is 0 Å². The molecule has 6 heterocycles. The average Bonchev–Trinajstić information content (AvgIpc) is 0.983. The van der Waals surface area contributed by atoms with Crippen molar-refractivity contribution >= 4 is 7.82 Å². The summed E-state index contributed by atoms with van der Waals surface area (Å²) < 4.78 is 63.2. The van der Waals surface area contributed by atoms with E-state index in [9.17, 15) is 0 Å². The quantitative estimate of drug-likeness (QED) is 0.0321. The second kappa shape index (κ2) is 74.2. The first kappa shape index (κ1) is 104. The molecule has 0 bridgehead atoms. The summed E-state index contributed by atoms with van der Waals surface area (Å²) in [6, 6.07) is 0. The number of hydrogen-bond donors (Lipinski definition) is 0. The Morgan fingerprint density at radius 3 is 0.475 bits per heavy atom. The van der Waals surface area contributed by atoms with Crippen LogP contribution in [0.3, 0.4) is 0 Å². The standard InChI is InChI=1S/3C28H54O3.3Na.H3O4P/c3*1-3-5-7-9-11-13-15-27(19-17-25-21-23-29-25)31-28(20-18-26-22-24-30-26)16-14-12-10-8-6-4-2;;;;1-5(2,3)4/h3*25-28H,3-24H2,1-2H3;;;;(H3,1,2,3,4)/q;;;3*+1;/p-3. The Kier molecular flexibility index (Phi) is 76.2. The van der Waals surface area contributed by atoms with Crippen LogP contribution in [0.25, 0.3) is 0 Å². The van der Waals surface area contributed by atoms with E-state index in [0.29, 0.717) is 73.2 Å². The Morgan fingerprint density at radius 2 is 0.366 bits per heavy atom. The molecule has 6 saturated heterocycles. The molecule has 6 fully saturated rings. The molecule has 0 spiro atoms. The Labute approximate surface area is 691 Å². The smallest absolute Gasteiger partial charge is 0.822 e. The summed E-state index contributed by atoms with van der Waals surface area (Å²) in [5.74, 6) is 0. The van der Waals surface area contributed by atoms with Gasteiger partial charge in [-0.2, -0.15) is 7.82 Å². The predicted molar refractivity (Wildman–Crippen MR) is 403 cm³/mol. The predicted octanol–water partition coefficient (Wildman–Crippen LogP) is 13.3. The zero-order valence-electron chi connectivity index (χ0n) is 68.4. The minimum Gasteiger partial charge on any atom is -0.822 e. The van der Waals surface area contributed by atoms with Crippen LogP contribution in [-0.4, -0.2) is 113 Å². The second-order valence-electron chi connectivity index (χ2n) is 31.1. The van der Waals surface area contributed by atoms with Crippen LogP contribution in [0.2, 0.25) is 0 Å². The van der Waals surface area contributed by atoms with E-state index in [0.717, 1.165) is 39.6 Å². The number of phosphoric acid groups is 1. The summed E-state index contributed by atoms with van der Waals surface area (Å²) in [5.41, 5.74) is 0. The van der Waals surface area contributed by atoms with E-state index in [1.165, 1.54) is 385 Å². The summed E-state index contributed by atoms with van der Waals surface area (Å²) in [6.07, 6.45) is 84.2. The van der Waals surface area contributed by atoms with Crippen molar-refractivity contribution in [3.63, 3.8) is 0 Å². The number of ether oxygens (including phenoxy) is 9. The van der Waals surface area contributed by atoms with Crippen molar-refractivity contribution in [1.29, 1.82) is 0 Å². The average molecular weight is 1480 g/mol. The molecule has 0 N–H and O–H groups in total. The van der Waals surface area contributed by atoms with Crippen LogP contribution < -0.4 is 103 Å². The molecular formula is C84H162Na3O13P. The van der Waals surface area contributed by atoms with Crippen molar-refractivity contribution in [3.8, 4) is 0 Å². The van der Waals surface area contributed by atoms with Gasteiger partial charge in [0, 0.05) is 39.6 Å². The fraction of sp³-hybridized carbons (Fsp3) is 1.00.